The van der Waals surface area contributed by atoms with Crippen LogP contribution < -0.4 is 14.2 Å². The first kappa shape index (κ1) is 19.2. The van der Waals surface area contributed by atoms with Crippen molar-refractivity contribution >= 4 is 11.9 Å². The number of ketones is 1. The van der Waals surface area contributed by atoms with Crippen molar-refractivity contribution in [3.8, 4) is 17.2 Å². The Kier molecular flexibility index (Phi) is 6.91. The average Bonchev–Trinajstić information content (AvgIpc) is 2.64. The van der Waals surface area contributed by atoms with Crippen LogP contribution in [-0.4, -0.2) is 26.1 Å². The van der Waals surface area contributed by atoms with Crippen LogP contribution in [0.4, 0.5) is 8.78 Å². The summed E-state index contributed by atoms with van der Waals surface area (Å²) in [4.78, 5) is 12.2. The highest BCUT2D eigenvalue weighted by atomic mass is 19.3. The van der Waals surface area contributed by atoms with Crippen molar-refractivity contribution in [3.05, 3.63) is 72.3 Å². The van der Waals surface area contributed by atoms with E-state index in [-0.39, 0.29) is 11.5 Å². The highest BCUT2D eigenvalue weighted by Crippen LogP contribution is 2.28. The summed E-state index contributed by atoms with van der Waals surface area (Å²) in [5, 5.41) is 0. The molecule has 26 heavy (non-hydrogen) atoms. The van der Waals surface area contributed by atoms with E-state index in [2.05, 4.69) is 11.3 Å². The van der Waals surface area contributed by atoms with Crippen molar-refractivity contribution in [1.29, 1.82) is 0 Å². The Balaban J connectivity index is 2.08. The van der Waals surface area contributed by atoms with Gasteiger partial charge in [0, 0.05) is 5.56 Å². The van der Waals surface area contributed by atoms with E-state index in [1.807, 2.05) is 0 Å². The lowest BCUT2D eigenvalue weighted by Gasteiger charge is -2.09. The van der Waals surface area contributed by atoms with Crippen molar-refractivity contribution in [2.75, 3.05) is 13.7 Å². The molecule has 0 aliphatic rings. The lowest BCUT2D eigenvalue weighted by Crippen LogP contribution is -2.02. The molecule has 0 aromatic heterocycles. The van der Waals surface area contributed by atoms with Gasteiger partial charge >= 0.3 is 6.61 Å². The average molecular weight is 360 g/mol. The fraction of sp³-hybridized carbons (Fsp3) is 0.150. The maximum atomic E-state index is 12.2. The van der Waals surface area contributed by atoms with Gasteiger partial charge < -0.3 is 14.2 Å². The number of hydrogen-bond acceptors (Lipinski definition) is 4. The van der Waals surface area contributed by atoms with Gasteiger partial charge in [0.1, 0.15) is 12.4 Å². The topological polar surface area (TPSA) is 44.8 Å². The van der Waals surface area contributed by atoms with E-state index in [1.54, 1.807) is 30.4 Å². The fourth-order valence-corrected chi connectivity index (χ4v) is 2.12. The SMILES string of the molecule is C=CCOc1ccc(/C=C/C(=O)c2ccc(OC(F)F)cc2)cc1OC. The first-order chi connectivity index (χ1) is 12.5. The molecule has 0 fully saturated rings. The van der Waals surface area contributed by atoms with Gasteiger partial charge in [0.15, 0.2) is 17.3 Å². The minimum Gasteiger partial charge on any atom is -0.493 e. The molecular weight excluding hydrogens is 342 g/mol. The van der Waals surface area contributed by atoms with Gasteiger partial charge in [0.2, 0.25) is 0 Å². The summed E-state index contributed by atoms with van der Waals surface area (Å²) in [6.45, 7) is 1.04. The van der Waals surface area contributed by atoms with Crippen molar-refractivity contribution in [2.45, 2.75) is 6.61 Å². The number of benzene rings is 2. The van der Waals surface area contributed by atoms with Gasteiger partial charge in [-0.1, -0.05) is 24.8 Å². The van der Waals surface area contributed by atoms with Crippen molar-refractivity contribution in [3.63, 3.8) is 0 Å². The number of alkyl halides is 2. The van der Waals surface area contributed by atoms with Gasteiger partial charge in [-0.05, 0) is 48.0 Å². The molecule has 0 atom stereocenters. The molecule has 4 nitrogen and oxygen atoms in total. The van der Waals surface area contributed by atoms with E-state index in [1.165, 1.54) is 37.5 Å². The highest BCUT2D eigenvalue weighted by Gasteiger charge is 2.07. The number of methoxy groups -OCH3 is 1. The van der Waals surface area contributed by atoms with Crippen LogP contribution in [0.15, 0.2) is 61.2 Å². The fourth-order valence-electron chi connectivity index (χ4n) is 2.12. The zero-order valence-electron chi connectivity index (χ0n) is 14.2. The molecule has 2 rings (SSSR count). The lowest BCUT2D eigenvalue weighted by atomic mass is 10.1. The van der Waals surface area contributed by atoms with E-state index in [0.717, 1.165) is 5.56 Å². The molecule has 6 heteroatoms. The Morgan fingerprint density at radius 1 is 1.15 bits per heavy atom. The summed E-state index contributed by atoms with van der Waals surface area (Å²) >= 11 is 0. The van der Waals surface area contributed by atoms with Gasteiger partial charge in [-0.3, -0.25) is 4.79 Å². The number of halogens is 2. The van der Waals surface area contributed by atoms with Crippen molar-refractivity contribution in [1.82, 2.24) is 0 Å². The molecule has 2 aromatic carbocycles. The monoisotopic (exact) mass is 360 g/mol. The Bertz CT molecular complexity index is 783. The molecule has 0 radical (unpaired) electrons. The number of ether oxygens (including phenoxy) is 3. The third-order valence-electron chi connectivity index (χ3n) is 3.34. The molecule has 0 heterocycles. The predicted molar refractivity (Wildman–Crippen MR) is 95.1 cm³/mol. The molecular formula is C20H18F2O4. The first-order valence-corrected chi connectivity index (χ1v) is 7.72. The summed E-state index contributed by atoms with van der Waals surface area (Å²) in [6.07, 6.45) is 4.65. The van der Waals surface area contributed by atoms with Gasteiger partial charge in [0.05, 0.1) is 7.11 Å². The molecule has 0 saturated heterocycles. The quantitative estimate of drug-likeness (QED) is 0.367. The second-order valence-corrected chi connectivity index (χ2v) is 5.11. The second kappa shape index (κ2) is 9.36. The lowest BCUT2D eigenvalue weighted by molar-refractivity contribution is -0.0498. The normalized spacial score (nSPS) is 10.8. The molecule has 2 aromatic rings. The molecule has 0 spiro atoms. The highest BCUT2D eigenvalue weighted by molar-refractivity contribution is 6.06. The van der Waals surface area contributed by atoms with E-state index in [4.69, 9.17) is 9.47 Å². The van der Waals surface area contributed by atoms with Gasteiger partial charge in [0.25, 0.3) is 0 Å². The number of carbonyl (C=O) groups excluding carboxylic acids is 1. The molecule has 0 N–H and O–H groups in total. The van der Waals surface area contributed by atoms with Crippen LogP contribution in [0.5, 0.6) is 17.2 Å². The molecule has 0 saturated carbocycles. The third kappa shape index (κ3) is 5.44. The standard InChI is InChI=1S/C20H18F2O4/c1-3-12-25-18-11-5-14(13-19(18)24-2)4-10-17(23)15-6-8-16(9-7-15)26-20(21)22/h3-11,13,20H,1,12H2,2H3/b10-4+. The van der Waals surface area contributed by atoms with E-state index >= 15 is 0 Å². The maximum Gasteiger partial charge on any atom is 0.387 e. The number of rotatable bonds is 9. The van der Waals surface area contributed by atoms with Crippen LogP contribution in [0, 0.1) is 0 Å². The van der Waals surface area contributed by atoms with E-state index < -0.39 is 6.61 Å². The largest absolute Gasteiger partial charge is 0.493 e. The Labute approximate surface area is 150 Å². The van der Waals surface area contributed by atoms with Crippen LogP contribution in [0.25, 0.3) is 6.08 Å². The maximum absolute atomic E-state index is 12.2. The predicted octanol–water partition coefficient (Wildman–Crippen LogP) is 4.76. The summed E-state index contributed by atoms with van der Waals surface area (Å²) < 4.78 is 39.2. The molecule has 136 valence electrons. The number of carbonyl (C=O) groups is 1. The van der Waals surface area contributed by atoms with Crippen LogP contribution >= 0.6 is 0 Å². The van der Waals surface area contributed by atoms with Crippen molar-refractivity contribution < 1.29 is 27.8 Å². The zero-order valence-corrected chi connectivity index (χ0v) is 14.2. The van der Waals surface area contributed by atoms with Crippen LogP contribution in [-0.2, 0) is 0 Å². The molecule has 0 unspecified atom stereocenters. The van der Waals surface area contributed by atoms with Gasteiger partial charge in [-0.25, -0.2) is 0 Å². The van der Waals surface area contributed by atoms with E-state index in [9.17, 15) is 13.6 Å². The summed E-state index contributed by atoms with van der Waals surface area (Å²) in [6, 6.07) is 10.8. The minimum absolute atomic E-state index is 0.000351. The molecule has 0 aliphatic heterocycles. The van der Waals surface area contributed by atoms with E-state index in [0.29, 0.717) is 23.7 Å². The summed E-state index contributed by atoms with van der Waals surface area (Å²) in [7, 11) is 1.53. The minimum atomic E-state index is -2.90. The zero-order chi connectivity index (χ0) is 18.9. The van der Waals surface area contributed by atoms with Gasteiger partial charge in [-0.15, -0.1) is 0 Å². The summed E-state index contributed by atoms with van der Waals surface area (Å²) in [5.74, 6) is 0.848. The molecule has 0 bridgehead atoms. The Morgan fingerprint density at radius 2 is 1.88 bits per heavy atom. The first-order valence-electron chi connectivity index (χ1n) is 7.72. The van der Waals surface area contributed by atoms with Crippen LogP contribution in [0.1, 0.15) is 15.9 Å². The van der Waals surface area contributed by atoms with Crippen molar-refractivity contribution in [2.24, 2.45) is 0 Å². The van der Waals surface area contributed by atoms with Gasteiger partial charge in [-0.2, -0.15) is 8.78 Å². The Morgan fingerprint density at radius 3 is 2.50 bits per heavy atom. The van der Waals surface area contributed by atoms with Crippen LogP contribution in [0.3, 0.4) is 0 Å². The number of hydrogen-bond donors (Lipinski definition) is 0. The summed E-state index contributed by atoms with van der Waals surface area (Å²) in [5.41, 5.74) is 1.11. The smallest absolute Gasteiger partial charge is 0.387 e. The molecule has 0 amide bonds. The number of allylic oxidation sites excluding steroid dienone is 1. The Hall–Kier alpha value is -3.15. The molecule has 0 aliphatic carbocycles. The van der Waals surface area contributed by atoms with Crippen LogP contribution in [0.2, 0.25) is 0 Å². The second-order valence-electron chi connectivity index (χ2n) is 5.11. The third-order valence-corrected chi connectivity index (χ3v) is 3.34.